The summed E-state index contributed by atoms with van der Waals surface area (Å²) in [6.07, 6.45) is 0.383. The second-order valence-electron chi connectivity index (χ2n) is 3.69. The largest absolute Gasteiger partial charge is 0.369 e. The lowest BCUT2D eigenvalue weighted by Gasteiger charge is -2.06. The van der Waals surface area contributed by atoms with Crippen molar-refractivity contribution in [1.29, 1.82) is 5.26 Å². The van der Waals surface area contributed by atoms with Gasteiger partial charge in [-0.05, 0) is 13.3 Å². The Bertz CT molecular complexity index is 540. The second kappa shape index (κ2) is 5.16. The molecule has 0 fully saturated rings. The van der Waals surface area contributed by atoms with E-state index in [1.54, 1.807) is 18.7 Å². The molecule has 0 aromatic carbocycles. The lowest BCUT2D eigenvalue weighted by atomic mass is 10.2. The molecule has 0 bridgehead atoms. The van der Waals surface area contributed by atoms with Crippen LogP contribution in [-0.2, 0) is 17.1 Å². The molecule has 0 atom stereocenters. The number of aromatic nitrogens is 2. The van der Waals surface area contributed by atoms with E-state index in [-0.39, 0.29) is 5.75 Å². The summed E-state index contributed by atoms with van der Waals surface area (Å²) in [5.41, 5.74) is 1.12. The van der Waals surface area contributed by atoms with Gasteiger partial charge >= 0.3 is 0 Å². The number of anilines is 1. The molecule has 0 spiro atoms. The van der Waals surface area contributed by atoms with E-state index in [2.05, 4.69) is 16.5 Å². The number of nitrogens with one attached hydrogen (secondary N) is 1. The van der Waals surface area contributed by atoms with Crippen molar-refractivity contribution in [3.63, 3.8) is 0 Å². The highest BCUT2D eigenvalue weighted by molar-refractivity contribution is 7.89. The fourth-order valence-corrected chi connectivity index (χ4v) is 2.02. The number of nitrogens with two attached hydrogens (primary N) is 1. The molecule has 0 unspecified atom stereocenters. The number of nitrogens with zero attached hydrogens (tertiary/aromatic N) is 3. The minimum absolute atomic E-state index is 0.0846. The Kier molecular flexibility index (Phi) is 4.09. The van der Waals surface area contributed by atoms with Crippen LogP contribution < -0.4 is 10.5 Å². The molecule has 3 N–H and O–H groups in total. The normalized spacial score (nSPS) is 11.2. The highest BCUT2D eigenvalue weighted by Crippen LogP contribution is 2.16. The quantitative estimate of drug-likeness (QED) is 0.702. The summed E-state index contributed by atoms with van der Waals surface area (Å²) < 4.78 is 23.0. The van der Waals surface area contributed by atoms with Crippen molar-refractivity contribution in [3.8, 4) is 6.07 Å². The fraction of sp³-hybridized carbons (Fsp3) is 0.556. The number of nitriles is 1. The van der Waals surface area contributed by atoms with Crippen LogP contribution in [0.1, 0.15) is 17.7 Å². The average molecular weight is 257 g/mol. The topological polar surface area (TPSA) is 114 Å². The molecule has 94 valence electrons. The van der Waals surface area contributed by atoms with E-state index in [1.807, 2.05) is 0 Å². The standard InChI is InChI=1S/C9H15N5O2S/c1-7-8(6-10)9(14(2)13-7)12-4-3-5-17(11,15)16/h12H,3-5H2,1-2H3,(H2,11,15,16). The third-order valence-corrected chi connectivity index (χ3v) is 3.09. The Morgan fingerprint density at radius 2 is 2.24 bits per heavy atom. The second-order valence-corrected chi connectivity index (χ2v) is 5.43. The molecule has 0 saturated heterocycles. The number of hydrogen-bond acceptors (Lipinski definition) is 5. The van der Waals surface area contributed by atoms with Crippen LogP contribution in [0.3, 0.4) is 0 Å². The molecular weight excluding hydrogens is 242 g/mol. The molecule has 0 aliphatic carbocycles. The summed E-state index contributed by atoms with van der Waals surface area (Å²) in [7, 11) is -1.71. The van der Waals surface area contributed by atoms with Crippen LogP contribution in [0.25, 0.3) is 0 Å². The van der Waals surface area contributed by atoms with Gasteiger partial charge in [0.1, 0.15) is 17.5 Å². The van der Waals surface area contributed by atoms with Gasteiger partial charge in [-0.25, -0.2) is 13.6 Å². The molecule has 0 amide bonds. The van der Waals surface area contributed by atoms with Gasteiger partial charge in [0.2, 0.25) is 10.0 Å². The first kappa shape index (κ1) is 13.5. The van der Waals surface area contributed by atoms with Gasteiger partial charge in [-0.1, -0.05) is 0 Å². The number of rotatable bonds is 5. The highest BCUT2D eigenvalue weighted by atomic mass is 32.2. The van der Waals surface area contributed by atoms with Crippen molar-refractivity contribution in [2.45, 2.75) is 13.3 Å². The zero-order valence-electron chi connectivity index (χ0n) is 9.77. The van der Waals surface area contributed by atoms with E-state index in [0.29, 0.717) is 30.0 Å². The van der Waals surface area contributed by atoms with Crippen molar-refractivity contribution in [3.05, 3.63) is 11.3 Å². The van der Waals surface area contributed by atoms with E-state index >= 15 is 0 Å². The smallest absolute Gasteiger partial charge is 0.209 e. The van der Waals surface area contributed by atoms with Crippen LogP contribution in [0.5, 0.6) is 0 Å². The van der Waals surface area contributed by atoms with Crippen molar-refractivity contribution >= 4 is 15.8 Å². The summed E-state index contributed by atoms with van der Waals surface area (Å²) >= 11 is 0. The van der Waals surface area contributed by atoms with Gasteiger partial charge in [0.25, 0.3) is 0 Å². The first-order chi connectivity index (χ1) is 7.85. The molecule has 0 radical (unpaired) electrons. The first-order valence-corrected chi connectivity index (χ1v) is 6.74. The lowest BCUT2D eigenvalue weighted by Crippen LogP contribution is -2.19. The molecule has 0 aliphatic rings. The zero-order chi connectivity index (χ0) is 13.1. The van der Waals surface area contributed by atoms with E-state index in [0.717, 1.165) is 0 Å². The third-order valence-electron chi connectivity index (χ3n) is 2.23. The minimum atomic E-state index is -3.43. The molecule has 0 aliphatic heterocycles. The molecular formula is C9H15N5O2S. The average Bonchev–Trinajstić information content (AvgIpc) is 2.46. The summed E-state index contributed by atoms with van der Waals surface area (Å²) in [5, 5.41) is 20.9. The Morgan fingerprint density at radius 1 is 1.59 bits per heavy atom. The molecule has 1 aromatic heterocycles. The van der Waals surface area contributed by atoms with E-state index < -0.39 is 10.0 Å². The fourth-order valence-electron chi connectivity index (χ4n) is 1.47. The Labute approximate surface area is 100 Å². The molecule has 7 nitrogen and oxygen atoms in total. The zero-order valence-corrected chi connectivity index (χ0v) is 10.6. The molecule has 8 heteroatoms. The maximum atomic E-state index is 10.7. The lowest BCUT2D eigenvalue weighted by molar-refractivity contribution is 0.595. The predicted molar refractivity (Wildman–Crippen MR) is 63.7 cm³/mol. The third kappa shape index (κ3) is 3.72. The minimum Gasteiger partial charge on any atom is -0.369 e. The molecule has 1 rings (SSSR count). The van der Waals surface area contributed by atoms with Gasteiger partial charge < -0.3 is 5.32 Å². The maximum absolute atomic E-state index is 10.7. The van der Waals surface area contributed by atoms with Gasteiger partial charge in [-0.2, -0.15) is 10.4 Å². The Hall–Kier alpha value is -1.59. The van der Waals surface area contributed by atoms with Crippen LogP contribution in [0.4, 0.5) is 5.82 Å². The predicted octanol–water partition coefficient (Wildman–Crippen LogP) is -0.309. The van der Waals surface area contributed by atoms with Crippen LogP contribution in [0, 0.1) is 18.3 Å². The van der Waals surface area contributed by atoms with E-state index in [1.165, 1.54) is 0 Å². The number of aryl methyl sites for hydroxylation is 2. The van der Waals surface area contributed by atoms with Gasteiger partial charge in [0.15, 0.2) is 0 Å². The summed E-state index contributed by atoms with van der Waals surface area (Å²) in [6, 6.07) is 2.05. The van der Waals surface area contributed by atoms with Crippen LogP contribution in [0.2, 0.25) is 0 Å². The molecule has 0 saturated carbocycles. The van der Waals surface area contributed by atoms with Crippen molar-refractivity contribution < 1.29 is 8.42 Å². The first-order valence-electron chi connectivity index (χ1n) is 5.03. The molecule has 17 heavy (non-hydrogen) atoms. The number of sulfonamides is 1. The van der Waals surface area contributed by atoms with Crippen molar-refractivity contribution in [2.75, 3.05) is 17.6 Å². The van der Waals surface area contributed by atoms with E-state index in [9.17, 15) is 8.42 Å². The molecule has 1 heterocycles. The summed E-state index contributed by atoms with van der Waals surface area (Å²) in [6.45, 7) is 2.16. The summed E-state index contributed by atoms with van der Waals surface area (Å²) in [4.78, 5) is 0. The number of primary sulfonamides is 1. The van der Waals surface area contributed by atoms with Crippen LogP contribution in [0.15, 0.2) is 0 Å². The van der Waals surface area contributed by atoms with E-state index in [4.69, 9.17) is 10.4 Å². The SMILES string of the molecule is Cc1nn(C)c(NCCCS(N)(=O)=O)c1C#N. The van der Waals surface area contributed by atoms with Crippen LogP contribution in [-0.4, -0.2) is 30.5 Å². The Balaban J connectivity index is 2.62. The van der Waals surface area contributed by atoms with Crippen molar-refractivity contribution in [2.24, 2.45) is 12.2 Å². The molecule has 1 aromatic rings. The van der Waals surface area contributed by atoms with Gasteiger partial charge in [-0.15, -0.1) is 0 Å². The number of hydrogen-bond donors (Lipinski definition) is 2. The van der Waals surface area contributed by atoms with Gasteiger partial charge in [-0.3, -0.25) is 4.68 Å². The monoisotopic (exact) mass is 257 g/mol. The van der Waals surface area contributed by atoms with Crippen LogP contribution >= 0.6 is 0 Å². The Morgan fingerprint density at radius 3 is 2.76 bits per heavy atom. The van der Waals surface area contributed by atoms with Gasteiger partial charge in [0.05, 0.1) is 11.4 Å². The van der Waals surface area contributed by atoms with Gasteiger partial charge in [0, 0.05) is 13.6 Å². The maximum Gasteiger partial charge on any atom is 0.209 e. The highest BCUT2D eigenvalue weighted by Gasteiger charge is 2.12. The van der Waals surface area contributed by atoms with Crippen molar-refractivity contribution in [1.82, 2.24) is 9.78 Å². The summed E-state index contributed by atoms with van der Waals surface area (Å²) in [5.74, 6) is 0.512.